The predicted molar refractivity (Wildman–Crippen MR) is 75.7 cm³/mol. The van der Waals surface area contributed by atoms with Gasteiger partial charge in [0.1, 0.15) is 6.10 Å². The van der Waals surface area contributed by atoms with Gasteiger partial charge in [-0.15, -0.1) is 0 Å². The summed E-state index contributed by atoms with van der Waals surface area (Å²) in [5, 5.41) is 12.2. The second-order valence-corrected chi connectivity index (χ2v) is 6.83. The van der Waals surface area contributed by atoms with E-state index in [0.717, 1.165) is 12.8 Å². The van der Waals surface area contributed by atoms with Crippen molar-refractivity contribution in [1.82, 2.24) is 5.06 Å². The van der Waals surface area contributed by atoms with Crippen molar-refractivity contribution in [3.8, 4) is 0 Å². The molecule has 0 aromatic carbocycles. The van der Waals surface area contributed by atoms with Crippen LogP contribution in [0.2, 0.25) is 0 Å². The molecule has 2 heterocycles. The molecule has 2 saturated heterocycles. The summed E-state index contributed by atoms with van der Waals surface area (Å²) in [6.07, 6.45) is 3.10. The summed E-state index contributed by atoms with van der Waals surface area (Å²) >= 11 is 0. The van der Waals surface area contributed by atoms with Crippen LogP contribution in [0.25, 0.3) is 0 Å². The molecule has 5 nitrogen and oxygen atoms in total. The largest absolute Gasteiger partial charge is 0.382 e. The van der Waals surface area contributed by atoms with E-state index in [-0.39, 0.29) is 17.2 Å². The predicted octanol–water partition coefficient (Wildman–Crippen LogP) is 2.57. The molecular formula is C15H29NO4. The van der Waals surface area contributed by atoms with Crippen molar-refractivity contribution >= 4 is 0 Å². The molecular weight excluding hydrogens is 258 g/mol. The lowest BCUT2D eigenvalue weighted by molar-refractivity contribution is -0.327. The van der Waals surface area contributed by atoms with Crippen molar-refractivity contribution in [3.63, 3.8) is 0 Å². The Bertz CT molecular complexity index is 343. The van der Waals surface area contributed by atoms with E-state index in [2.05, 4.69) is 13.8 Å². The van der Waals surface area contributed by atoms with Crippen molar-refractivity contribution in [2.45, 2.75) is 76.3 Å². The highest BCUT2D eigenvalue weighted by Gasteiger charge is 2.58. The average Bonchev–Trinajstić information content (AvgIpc) is 2.77. The second-order valence-electron chi connectivity index (χ2n) is 6.83. The van der Waals surface area contributed by atoms with Gasteiger partial charge in [-0.05, 0) is 26.7 Å². The Morgan fingerprint density at radius 2 is 1.90 bits per heavy atom. The summed E-state index contributed by atoms with van der Waals surface area (Å²) < 4.78 is 17.4. The summed E-state index contributed by atoms with van der Waals surface area (Å²) in [5.41, 5.74) is -0.657. The Kier molecular flexibility index (Phi) is 4.48. The zero-order valence-corrected chi connectivity index (χ0v) is 13.4. The molecule has 0 radical (unpaired) electrons. The maximum Gasteiger partial charge on any atom is 0.172 e. The summed E-state index contributed by atoms with van der Waals surface area (Å²) in [4.78, 5) is 0. The number of rotatable bonds is 4. The van der Waals surface area contributed by atoms with Crippen LogP contribution in [-0.2, 0) is 14.2 Å². The van der Waals surface area contributed by atoms with E-state index >= 15 is 0 Å². The fourth-order valence-electron chi connectivity index (χ4n) is 3.88. The van der Waals surface area contributed by atoms with Crippen LogP contribution >= 0.6 is 0 Å². The molecule has 0 amide bonds. The van der Waals surface area contributed by atoms with E-state index in [9.17, 15) is 5.21 Å². The van der Waals surface area contributed by atoms with Gasteiger partial charge in [0.15, 0.2) is 5.79 Å². The van der Waals surface area contributed by atoms with Crippen LogP contribution < -0.4 is 0 Å². The maximum atomic E-state index is 10.7. The molecule has 2 rings (SSSR count). The van der Waals surface area contributed by atoms with E-state index in [1.165, 1.54) is 0 Å². The molecule has 2 fully saturated rings. The minimum absolute atomic E-state index is 0.00699. The fraction of sp³-hybridized carbons (Fsp3) is 1.00. The SMILES string of the molecule is CCC1(CC)CC2(CC(C)(C)N1O)OCC(COC)O2. The van der Waals surface area contributed by atoms with Gasteiger partial charge in [-0.3, -0.25) is 0 Å². The molecule has 2 aliphatic heterocycles. The third kappa shape index (κ3) is 2.62. The summed E-state index contributed by atoms with van der Waals surface area (Å²) in [5.74, 6) is -0.585. The van der Waals surface area contributed by atoms with E-state index in [1.54, 1.807) is 12.2 Å². The van der Waals surface area contributed by atoms with E-state index in [0.29, 0.717) is 26.1 Å². The van der Waals surface area contributed by atoms with Gasteiger partial charge >= 0.3 is 0 Å². The van der Waals surface area contributed by atoms with E-state index < -0.39 is 5.79 Å². The Labute approximate surface area is 122 Å². The number of methoxy groups -OCH3 is 1. The number of ether oxygens (including phenoxy) is 3. The Hall–Kier alpha value is -0.200. The fourth-order valence-corrected chi connectivity index (χ4v) is 3.88. The summed E-state index contributed by atoms with van der Waals surface area (Å²) in [7, 11) is 1.68. The average molecular weight is 287 g/mol. The lowest BCUT2D eigenvalue weighted by Crippen LogP contribution is -2.66. The van der Waals surface area contributed by atoms with Crippen molar-refractivity contribution in [2.24, 2.45) is 0 Å². The zero-order valence-electron chi connectivity index (χ0n) is 13.4. The summed E-state index contributed by atoms with van der Waals surface area (Å²) in [6, 6.07) is 0. The normalized spacial score (nSPS) is 36.6. The highest BCUT2D eigenvalue weighted by molar-refractivity contribution is 5.05. The molecule has 0 bridgehead atoms. The van der Waals surface area contributed by atoms with Crippen LogP contribution in [0.3, 0.4) is 0 Å². The Morgan fingerprint density at radius 3 is 2.45 bits per heavy atom. The third-order valence-corrected chi connectivity index (χ3v) is 4.91. The molecule has 0 aliphatic carbocycles. The molecule has 1 spiro atoms. The van der Waals surface area contributed by atoms with Crippen LogP contribution in [-0.4, -0.2) is 53.6 Å². The number of piperidine rings is 1. The highest BCUT2D eigenvalue weighted by atomic mass is 16.8. The van der Waals surface area contributed by atoms with Crippen molar-refractivity contribution in [2.75, 3.05) is 20.3 Å². The maximum absolute atomic E-state index is 10.7. The van der Waals surface area contributed by atoms with Gasteiger partial charge in [-0.25, -0.2) is 0 Å². The van der Waals surface area contributed by atoms with Crippen molar-refractivity contribution in [3.05, 3.63) is 0 Å². The number of nitrogens with zero attached hydrogens (tertiary/aromatic N) is 1. The number of hydrogen-bond donors (Lipinski definition) is 1. The molecule has 2 unspecified atom stereocenters. The smallest absolute Gasteiger partial charge is 0.172 e. The van der Waals surface area contributed by atoms with Crippen molar-refractivity contribution < 1.29 is 19.4 Å². The second kappa shape index (κ2) is 5.54. The molecule has 20 heavy (non-hydrogen) atoms. The first kappa shape index (κ1) is 16.2. The lowest BCUT2D eigenvalue weighted by atomic mass is 9.73. The Morgan fingerprint density at radius 1 is 1.25 bits per heavy atom. The monoisotopic (exact) mass is 287 g/mol. The first-order chi connectivity index (χ1) is 9.33. The van der Waals surface area contributed by atoms with Crippen LogP contribution in [0, 0.1) is 0 Å². The minimum Gasteiger partial charge on any atom is -0.382 e. The molecule has 0 aromatic rings. The molecule has 0 saturated carbocycles. The van der Waals surface area contributed by atoms with E-state index in [4.69, 9.17) is 14.2 Å². The highest BCUT2D eigenvalue weighted by Crippen LogP contribution is 2.49. The molecule has 2 atom stereocenters. The van der Waals surface area contributed by atoms with Gasteiger partial charge in [-0.2, -0.15) is 5.06 Å². The molecule has 5 heteroatoms. The third-order valence-electron chi connectivity index (χ3n) is 4.91. The lowest BCUT2D eigenvalue weighted by Gasteiger charge is -2.56. The van der Waals surface area contributed by atoms with Gasteiger partial charge in [0.05, 0.1) is 18.8 Å². The van der Waals surface area contributed by atoms with Gasteiger partial charge in [0.25, 0.3) is 0 Å². The Balaban J connectivity index is 2.24. The quantitative estimate of drug-likeness (QED) is 0.861. The molecule has 2 aliphatic rings. The zero-order chi connectivity index (χ0) is 15.0. The number of hydroxylamine groups is 2. The first-order valence-electron chi connectivity index (χ1n) is 7.63. The van der Waals surface area contributed by atoms with Gasteiger partial charge in [-0.1, -0.05) is 13.8 Å². The molecule has 1 N–H and O–H groups in total. The number of hydrogen-bond acceptors (Lipinski definition) is 5. The van der Waals surface area contributed by atoms with Gasteiger partial charge in [0, 0.05) is 25.5 Å². The van der Waals surface area contributed by atoms with E-state index in [1.807, 2.05) is 13.8 Å². The summed E-state index contributed by atoms with van der Waals surface area (Å²) in [6.45, 7) is 9.44. The topological polar surface area (TPSA) is 51.2 Å². The van der Waals surface area contributed by atoms with Crippen LogP contribution in [0.15, 0.2) is 0 Å². The van der Waals surface area contributed by atoms with Crippen LogP contribution in [0.1, 0.15) is 53.4 Å². The van der Waals surface area contributed by atoms with Crippen molar-refractivity contribution in [1.29, 1.82) is 0 Å². The molecule has 0 aromatic heterocycles. The minimum atomic E-state index is -0.585. The first-order valence-corrected chi connectivity index (χ1v) is 7.63. The standard InChI is InChI=1S/C15H29NO4/c1-6-14(7-2)11-15(10-13(3,4)16(14)17)19-9-12(20-15)8-18-5/h12,17H,6-11H2,1-5H3. The van der Waals surface area contributed by atoms with Crippen LogP contribution in [0.5, 0.6) is 0 Å². The van der Waals surface area contributed by atoms with Crippen LogP contribution in [0.4, 0.5) is 0 Å². The molecule has 118 valence electrons. The van der Waals surface area contributed by atoms with Gasteiger partial charge < -0.3 is 19.4 Å². The van der Waals surface area contributed by atoms with Gasteiger partial charge in [0.2, 0.25) is 0 Å².